The number of fused-ring (bicyclic) bond motifs is 5. The highest BCUT2D eigenvalue weighted by molar-refractivity contribution is 6.23. The van der Waals surface area contributed by atoms with Gasteiger partial charge in [-0.15, -0.1) is 0 Å². The quantitative estimate of drug-likeness (QED) is 0.194. The molecule has 202 valence electrons. The molecule has 0 aliphatic rings. The third kappa shape index (κ3) is 4.43. The summed E-state index contributed by atoms with van der Waals surface area (Å²) in [5.74, 6) is 0. The second kappa shape index (κ2) is 10.6. The summed E-state index contributed by atoms with van der Waals surface area (Å²) in [5.41, 5.74) is 8.21. The number of hydrogen-bond acceptors (Lipinski definition) is 1. The molecule has 8 aromatic carbocycles. The number of anilines is 3. The molecule has 0 aliphatic carbocycles. The van der Waals surface area contributed by atoms with E-state index in [1.165, 1.54) is 54.6 Å². The fraction of sp³-hybridized carbons (Fsp3) is 0. The average Bonchev–Trinajstić information content (AvgIpc) is 3.09. The lowest BCUT2D eigenvalue weighted by Crippen LogP contribution is -2.12. The van der Waals surface area contributed by atoms with Gasteiger partial charge >= 0.3 is 0 Å². The second-order valence-electron chi connectivity index (χ2n) is 11.0. The minimum atomic E-state index is 1.12. The van der Waals surface area contributed by atoms with Crippen molar-refractivity contribution in [3.8, 4) is 22.3 Å². The van der Waals surface area contributed by atoms with Crippen LogP contribution in [0.5, 0.6) is 0 Å². The van der Waals surface area contributed by atoms with Crippen molar-refractivity contribution in [2.24, 2.45) is 0 Å². The number of nitrogens with zero attached hydrogens (tertiary/aromatic N) is 1. The van der Waals surface area contributed by atoms with Gasteiger partial charge in [0.2, 0.25) is 0 Å². The van der Waals surface area contributed by atoms with Crippen LogP contribution in [0, 0.1) is 0 Å². The van der Waals surface area contributed by atoms with Gasteiger partial charge in [0.1, 0.15) is 0 Å². The van der Waals surface area contributed by atoms with Crippen LogP contribution in [0.25, 0.3) is 54.6 Å². The Balaban J connectivity index is 1.46. The maximum Gasteiger partial charge on any atom is 0.0546 e. The summed E-state index contributed by atoms with van der Waals surface area (Å²) in [4.78, 5) is 2.44. The van der Waals surface area contributed by atoms with Gasteiger partial charge < -0.3 is 4.90 Å². The Bertz CT molecular complexity index is 2220. The average molecular weight is 548 g/mol. The summed E-state index contributed by atoms with van der Waals surface area (Å²) in [6, 6.07) is 63.5. The molecule has 1 heteroatoms. The van der Waals surface area contributed by atoms with Crippen LogP contribution in [0.2, 0.25) is 0 Å². The van der Waals surface area contributed by atoms with E-state index in [4.69, 9.17) is 0 Å². The fourth-order valence-corrected chi connectivity index (χ4v) is 6.42. The molecule has 0 unspecified atom stereocenters. The van der Waals surface area contributed by atoms with Crippen molar-refractivity contribution in [3.05, 3.63) is 176 Å². The first kappa shape index (κ1) is 25.1. The van der Waals surface area contributed by atoms with Crippen LogP contribution in [-0.4, -0.2) is 0 Å². The number of rotatable bonds is 5. The predicted octanol–water partition coefficient (Wildman–Crippen LogP) is 11.9. The zero-order valence-corrected chi connectivity index (χ0v) is 23.7. The number of benzene rings is 8. The van der Waals surface area contributed by atoms with Crippen LogP contribution in [0.4, 0.5) is 17.1 Å². The molecule has 0 fully saturated rings. The van der Waals surface area contributed by atoms with Gasteiger partial charge in [0.15, 0.2) is 0 Å². The van der Waals surface area contributed by atoms with Gasteiger partial charge in [0.25, 0.3) is 0 Å². The maximum absolute atomic E-state index is 2.44. The lowest BCUT2D eigenvalue weighted by atomic mass is 9.93. The van der Waals surface area contributed by atoms with Gasteiger partial charge in [-0.05, 0) is 74.0 Å². The third-order valence-corrected chi connectivity index (χ3v) is 8.41. The Morgan fingerprint density at radius 3 is 1.65 bits per heavy atom. The van der Waals surface area contributed by atoms with Crippen molar-refractivity contribution in [3.63, 3.8) is 0 Å². The molecule has 0 aromatic heterocycles. The number of para-hydroxylation sites is 1. The van der Waals surface area contributed by atoms with Crippen LogP contribution in [0.3, 0.4) is 0 Å². The highest BCUT2D eigenvalue weighted by atomic mass is 15.1. The summed E-state index contributed by atoms with van der Waals surface area (Å²) in [6.07, 6.45) is 0. The molecule has 0 radical (unpaired) electrons. The molecule has 0 spiro atoms. The lowest BCUT2D eigenvalue weighted by molar-refractivity contribution is 1.30. The molecule has 0 N–H and O–H groups in total. The van der Waals surface area contributed by atoms with E-state index in [1.807, 2.05) is 0 Å². The van der Waals surface area contributed by atoms with Gasteiger partial charge in [-0.25, -0.2) is 0 Å². The van der Waals surface area contributed by atoms with Crippen molar-refractivity contribution in [1.82, 2.24) is 0 Å². The molecule has 0 saturated carbocycles. The molecule has 0 saturated heterocycles. The Labute approximate surface area is 251 Å². The Hall–Kier alpha value is -5.66. The van der Waals surface area contributed by atoms with Crippen LogP contribution in [0.15, 0.2) is 176 Å². The summed E-state index contributed by atoms with van der Waals surface area (Å²) in [7, 11) is 0. The van der Waals surface area contributed by atoms with Crippen molar-refractivity contribution in [1.29, 1.82) is 0 Å². The standard InChI is InChI=1S/C42H29N/c1-4-14-30(15-5-1)33-26-27-40(39(28-33)31-16-6-2-7-17-31)43(35-19-8-3-9-20-35)41-29-34-25-24-32-18-10-11-21-36(32)42(34)38-23-13-12-22-37(38)41/h1-29H. The van der Waals surface area contributed by atoms with E-state index in [0.29, 0.717) is 0 Å². The summed E-state index contributed by atoms with van der Waals surface area (Å²) >= 11 is 0. The molecule has 0 bridgehead atoms. The minimum absolute atomic E-state index is 1.12. The van der Waals surface area contributed by atoms with E-state index in [1.54, 1.807) is 0 Å². The lowest BCUT2D eigenvalue weighted by Gasteiger charge is -2.30. The van der Waals surface area contributed by atoms with Gasteiger partial charge in [0, 0.05) is 16.6 Å². The number of hydrogen-bond donors (Lipinski definition) is 0. The molecule has 1 nitrogen and oxygen atoms in total. The smallest absolute Gasteiger partial charge is 0.0546 e. The molecule has 0 amide bonds. The predicted molar refractivity (Wildman–Crippen MR) is 185 cm³/mol. The second-order valence-corrected chi connectivity index (χ2v) is 11.0. The van der Waals surface area contributed by atoms with Crippen LogP contribution < -0.4 is 4.90 Å². The van der Waals surface area contributed by atoms with Gasteiger partial charge in [-0.2, -0.15) is 0 Å². The van der Waals surface area contributed by atoms with Crippen LogP contribution >= 0.6 is 0 Å². The van der Waals surface area contributed by atoms with Gasteiger partial charge in [-0.3, -0.25) is 0 Å². The van der Waals surface area contributed by atoms with E-state index in [9.17, 15) is 0 Å². The van der Waals surface area contributed by atoms with Crippen molar-refractivity contribution in [2.45, 2.75) is 0 Å². The summed E-state index contributed by atoms with van der Waals surface area (Å²) < 4.78 is 0. The zero-order chi connectivity index (χ0) is 28.6. The highest BCUT2D eigenvalue weighted by Gasteiger charge is 2.21. The molecule has 0 atom stereocenters. The molecule has 8 rings (SSSR count). The molecule has 0 heterocycles. The maximum atomic E-state index is 2.44. The van der Waals surface area contributed by atoms with E-state index in [2.05, 4.69) is 181 Å². The fourth-order valence-electron chi connectivity index (χ4n) is 6.42. The highest BCUT2D eigenvalue weighted by Crippen LogP contribution is 2.47. The Morgan fingerprint density at radius 1 is 0.326 bits per heavy atom. The van der Waals surface area contributed by atoms with E-state index in [-0.39, 0.29) is 0 Å². The molecule has 0 aliphatic heterocycles. The van der Waals surface area contributed by atoms with Crippen molar-refractivity contribution in [2.75, 3.05) is 4.90 Å². The van der Waals surface area contributed by atoms with Crippen molar-refractivity contribution >= 4 is 49.4 Å². The zero-order valence-electron chi connectivity index (χ0n) is 23.7. The largest absolute Gasteiger partial charge is 0.309 e. The first-order chi connectivity index (χ1) is 21.3. The van der Waals surface area contributed by atoms with E-state index >= 15 is 0 Å². The van der Waals surface area contributed by atoms with E-state index < -0.39 is 0 Å². The molecular weight excluding hydrogens is 518 g/mol. The van der Waals surface area contributed by atoms with Crippen molar-refractivity contribution < 1.29 is 0 Å². The topological polar surface area (TPSA) is 3.24 Å². The molecule has 8 aromatic rings. The van der Waals surface area contributed by atoms with Crippen LogP contribution in [-0.2, 0) is 0 Å². The Kier molecular flexibility index (Phi) is 6.20. The van der Waals surface area contributed by atoms with Gasteiger partial charge in [-0.1, -0.05) is 146 Å². The normalized spacial score (nSPS) is 11.3. The summed E-state index contributed by atoms with van der Waals surface area (Å²) in [5, 5.41) is 7.56. The SMILES string of the molecule is c1ccc(-c2ccc(N(c3ccccc3)c3cc4ccc5ccccc5c4c4ccccc34)c(-c3ccccc3)c2)cc1. The first-order valence-corrected chi connectivity index (χ1v) is 14.8. The van der Waals surface area contributed by atoms with Crippen LogP contribution in [0.1, 0.15) is 0 Å². The first-order valence-electron chi connectivity index (χ1n) is 14.8. The molecular formula is C42H29N. The Morgan fingerprint density at radius 2 is 0.907 bits per heavy atom. The van der Waals surface area contributed by atoms with E-state index in [0.717, 1.165) is 17.1 Å². The molecule has 43 heavy (non-hydrogen) atoms. The monoisotopic (exact) mass is 547 g/mol. The third-order valence-electron chi connectivity index (χ3n) is 8.41. The minimum Gasteiger partial charge on any atom is -0.309 e. The summed E-state index contributed by atoms with van der Waals surface area (Å²) in [6.45, 7) is 0. The van der Waals surface area contributed by atoms with Gasteiger partial charge in [0.05, 0.1) is 11.4 Å².